The largest absolute Gasteiger partial charge is 0.465 e. The third kappa shape index (κ3) is 6.87. The Bertz CT molecular complexity index is 464. The Balaban J connectivity index is 2.36. The highest BCUT2D eigenvalue weighted by Crippen LogP contribution is 2.15. The summed E-state index contributed by atoms with van der Waals surface area (Å²) in [6.45, 7) is 4.44. The molecular formula is C15H20ClNO3S. The normalized spacial score (nSPS) is 10.2. The minimum absolute atomic E-state index is 0.0185. The van der Waals surface area contributed by atoms with Crippen LogP contribution in [0.2, 0.25) is 5.02 Å². The van der Waals surface area contributed by atoms with Crippen LogP contribution < -0.4 is 0 Å². The lowest BCUT2D eigenvalue weighted by Gasteiger charge is -2.19. The van der Waals surface area contributed by atoms with Crippen LogP contribution in [-0.4, -0.2) is 42.2 Å². The van der Waals surface area contributed by atoms with Crippen molar-refractivity contribution in [3.63, 3.8) is 0 Å². The molecule has 0 unspecified atom stereocenters. The standard InChI is InChI=1S/C15H20ClNO3S/c1-3-17(9-15(19)20-4-2)14(18)11-21-10-12-5-7-13(16)8-6-12/h5-8H,3-4,9-11H2,1-2H3. The fourth-order valence-electron chi connectivity index (χ4n) is 1.67. The predicted molar refractivity (Wildman–Crippen MR) is 86.5 cm³/mol. The topological polar surface area (TPSA) is 46.6 Å². The lowest BCUT2D eigenvalue weighted by Crippen LogP contribution is -2.37. The minimum Gasteiger partial charge on any atom is -0.465 e. The molecule has 0 aliphatic rings. The molecule has 21 heavy (non-hydrogen) atoms. The van der Waals surface area contributed by atoms with Crippen LogP contribution in [-0.2, 0) is 20.1 Å². The van der Waals surface area contributed by atoms with Gasteiger partial charge >= 0.3 is 5.97 Å². The van der Waals surface area contributed by atoms with Gasteiger partial charge in [-0.2, -0.15) is 0 Å². The monoisotopic (exact) mass is 329 g/mol. The number of esters is 1. The number of amides is 1. The van der Waals surface area contributed by atoms with Crippen LogP contribution >= 0.6 is 23.4 Å². The van der Waals surface area contributed by atoms with Crippen LogP contribution in [0.4, 0.5) is 0 Å². The number of hydrogen-bond donors (Lipinski definition) is 0. The first-order chi connectivity index (χ1) is 10.1. The molecule has 0 saturated carbocycles. The second-order valence-corrected chi connectivity index (χ2v) is 5.75. The summed E-state index contributed by atoms with van der Waals surface area (Å²) in [5.74, 6) is 0.662. The summed E-state index contributed by atoms with van der Waals surface area (Å²) >= 11 is 7.34. The highest BCUT2D eigenvalue weighted by molar-refractivity contribution is 7.99. The zero-order valence-corrected chi connectivity index (χ0v) is 13.9. The summed E-state index contributed by atoms with van der Waals surface area (Å²) in [5.41, 5.74) is 1.12. The van der Waals surface area contributed by atoms with Gasteiger partial charge in [-0.05, 0) is 31.5 Å². The summed E-state index contributed by atoms with van der Waals surface area (Å²) in [4.78, 5) is 24.9. The molecular weight excluding hydrogens is 310 g/mol. The average Bonchev–Trinajstić information content (AvgIpc) is 2.47. The lowest BCUT2D eigenvalue weighted by molar-refractivity contribution is -0.148. The average molecular weight is 330 g/mol. The van der Waals surface area contributed by atoms with Gasteiger partial charge in [-0.3, -0.25) is 9.59 Å². The number of rotatable bonds is 8. The Morgan fingerprint density at radius 1 is 1.24 bits per heavy atom. The number of benzene rings is 1. The Kier molecular flexibility index (Phi) is 8.23. The summed E-state index contributed by atoms with van der Waals surface area (Å²) in [7, 11) is 0. The summed E-state index contributed by atoms with van der Waals surface area (Å²) < 4.78 is 4.86. The Labute approximate surface area is 134 Å². The van der Waals surface area contributed by atoms with Gasteiger partial charge in [-0.1, -0.05) is 23.7 Å². The van der Waals surface area contributed by atoms with E-state index in [1.807, 2.05) is 31.2 Å². The minimum atomic E-state index is -0.365. The molecule has 0 atom stereocenters. The molecule has 1 aromatic rings. The van der Waals surface area contributed by atoms with Crippen molar-refractivity contribution in [3.8, 4) is 0 Å². The molecule has 0 fully saturated rings. The van der Waals surface area contributed by atoms with Crippen LogP contribution in [0.5, 0.6) is 0 Å². The van der Waals surface area contributed by atoms with Crippen LogP contribution in [0.25, 0.3) is 0 Å². The highest BCUT2D eigenvalue weighted by atomic mass is 35.5. The Morgan fingerprint density at radius 2 is 1.90 bits per heavy atom. The van der Waals surface area contributed by atoms with Crippen LogP contribution in [0.15, 0.2) is 24.3 Å². The molecule has 6 heteroatoms. The van der Waals surface area contributed by atoms with Crippen molar-refractivity contribution in [3.05, 3.63) is 34.9 Å². The van der Waals surface area contributed by atoms with Gasteiger partial charge < -0.3 is 9.64 Å². The zero-order valence-electron chi connectivity index (χ0n) is 12.3. The van der Waals surface area contributed by atoms with Crippen LogP contribution in [0.1, 0.15) is 19.4 Å². The molecule has 1 rings (SSSR count). The maximum absolute atomic E-state index is 12.0. The van der Waals surface area contributed by atoms with Gasteiger partial charge in [-0.25, -0.2) is 0 Å². The van der Waals surface area contributed by atoms with Crippen molar-refractivity contribution in [1.29, 1.82) is 0 Å². The van der Waals surface area contributed by atoms with E-state index in [4.69, 9.17) is 16.3 Å². The molecule has 0 radical (unpaired) electrons. The van der Waals surface area contributed by atoms with Crippen molar-refractivity contribution in [1.82, 2.24) is 4.90 Å². The predicted octanol–water partition coefficient (Wildman–Crippen LogP) is 2.98. The van der Waals surface area contributed by atoms with Gasteiger partial charge in [0.15, 0.2) is 0 Å². The molecule has 0 aromatic heterocycles. The molecule has 1 amide bonds. The first kappa shape index (κ1) is 17.9. The molecule has 116 valence electrons. The first-order valence-electron chi connectivity index (χ1n) is 6.82. The number of nitrogens with zero attached hydrogens (tertiary/aromatic N) is 1. The number of ether oxygens (including phenoxy) is 1. The van der Waals surface area contributed by atoms with Gasteiger partial charge in [0.1, 0.15) is 6.54 Å². The van der Waals surface area contributed by atoms with E-state index in [9.17, 15) is 9.59 Å². The van der Waals surface area contributed by atoms with Crippen molar-refractivity contribution in [2.24, 2.45) is 0 Å². The smallest absolute Gasteiger partial charge is 0.325 e. The third-order valence-corrected chi connectivity index (χ3v) is 4.01. The molecule has 0 heterocycles. The number of thioether (sulfide) groups is 1. The van der Waals surface area contributed by atoms with E-state index < -0.39 is 0 Å². The molecule has 0 saturated heterocycles. The van der Waals surface area contributed by atoms with Gasteiger partial charge in [0.2, 0.25) is 5.91 Å². The van der Waals surface area contributed by atoms with Gasteiger partial charge in [0.25, 0.3) is 0 Å². The zero-order chi connectivity index (χ0) is 15.7. The van der Waals surface area contributed by atoms with E-state index in [2.05, 4.69) is 0 Å². The van der Waals surface area contributed by atoms with E-state index in [1.54, 1.807) is 6.92 Å². The van der Waals surface area contributed by atoms with Crippen molar-refractivity contribution in [2.75, 3.05) is 25.4 Å². The molecule has 0 bridgehead atoms. The lowest BCUT2D eigenvalue weighted by atomic mass is 10.2. The molecule has 1 aromatic carbocycles. The molecule has 0 N–H and O–H groups in total. The SMILES string of the molecule is CCOC(=O)CN(CC)C(=O)CSCc1ccc(Cl)cc1. The van der Waals surface area contributed by atoms with E-state index in [1.165, 1.54) is 16.7 Å². The van der Waals surface area contributed by atoms with Gasteiger partial charge in [-0.15, -0.1) is 11.8 Å². The highest BCUT2D eigenvalue weighted by Gasteiger charge is 2.15. The van der Waals surface area contributed by atoms with E-state index in [0.29, 0.717) is 23.9 Å². The van der Waals surface area contributed by atoms with Crippen molar-refractivity contribution in [2.45, 2.75) is 19.6 Å². The van der Waals surface area contributed by atoms with Crippen LogP contribution in [0.3, 0.4) is 0 Å². The number of carbonyl (C=O) groups excluding carboxylic acids is 2. The van der Waals surface area contributed by atoms with Crippen LogP contribution in [0, 0.1) is 0 Å². The van der Waals surface area contributed by atoms with E-state index in [0.717, 1.165) is 11.3 Å². The molecule has 0 spiro atoms. The summed E-state index contributed by atoms with van der Waals surface area (Å²) in [6.07, 6.45) is 0. The Hall–Kier alpha value is -1.20. The quantitative estimate of drug-likeness (QED) is 0.688. The fourth-order valence-corrected chi connectivity index (χ4v) is 2.68. The number of hydrogen-bond acceptors (Lipinski definition) is 4. The molecule has 4 nitrogen and oxygen atoms in total. The first-order valence-corrected chi connectivity index (χ1v) is 8.35. The maximum atomic E-state index is 12.0. The van der Waals surface area contributed by atoms with Gasteiger partial charge in [0, 0.05) is 17.3 Å². The fraction of sp³-hybridized carbons (Fsp3) is 0.467. The summed E-state index contributed by atoms with van der Waals surface area (Å²) in [6, 6.07) is 7.54. The van der Waals surface area contributed by atoms with E-state index in [-0.39, 0.29) is 18.4 Å². The molecule has 0 aliphatic carbocycles. The van der Waals surface area contributed by atoms with Crippen molar-refractivity contribution >= 4 is 35.2 Å². The second-order valence-electron chi connectivity index (χ2n) is 4.33. The number of likely N-dealkylation sites (N-methyl/N-ethyl adjacent to an activating group) is 1. The molecule has 0 aliphatic heterocycles. The maximum Gasteiger partial charge on any atom is 0.325 e. The van der Waals surface area contributed by atoms with Gasteiger partial charge in [0.05, 0.1) is 12.4 Å². The number of carbonyl (C=O) groups is 2. The Morgan fingerprint density at radius 3 is 2.48 bits per heavy atom. The van der Waals surface area contributed by atoms with E-state index >= 15 is 0 Å². The second kappa shape index (κ2) is 9.68. The summed E-state index contributed by atoms with van der Waals surface area (Å²) in [5, 5.41) is 0.700. The number of halogens is 1. The van der Waals surface area contributed by atoms with Crippen molar-refractivity contribution < 1.29 is 14.3 Å². The third-order valence-electron chi connectivity index (χ3n) is 2.77.